The van der Waals surface area contributed by atoms with Crippen LogP contribution < -0.4 is 0 Å². The smallest absolute Gasteiger partial charge is 0.0957 e. The number of likely N-dealkylation sites (N-methyl/N-ethyl adjacent to an activating group) is 1. The minimum absolute atomic E-state index is 1.02. The Morgan fingerprint density at radius 1 is 1.41 bits per heavy atom. The molecule has 1 N–H and O–H groups in total. The summed E-state index contributed by atoms with van der Waals surface area (Å²) in [5.74, 6) is 0. The Morgan fingerprint density at radius 3 is 3.12 bits per heavy atom. The van der Waals surface area contributed by atoms with E-state index in [1.807, 2.05) is 12.3 Å². The lowest BCUT2D eigenvalue weighted by Gasteiger charge is -2.22. The van der Waals surface area contributed by atoms with Crippen LogP contribution in [0.4, 0.5) is 0 Å². The first-order chi connectivity index (χ1) is 8.25. The summed E-state index contributed by atoms with van der Waals surface area (Å²) in [5.41, 5.74) is 6.17. The van der Waals surface area contributed by atoms with Crippen molar-refractivity contribution in [1.82, 2.24) is 14.9 Å². The van der Waals surface area contributed by atoms with Crippen LogP contribution >= 0.6 is 0 Å². The Morgan fingerprint density at radius 2 is 2.29 bits per heavy atom. The molecule has 0 aromatic carbocycles. The predicted octanol–water partition coefficient (Wildman–Crippen LogP) is 2.59. The van der Waals surface area contributed by atoms with Crippen LogP contribution in [0.1, 0.15) is 17.5 Å². The maximum Gasteiger partial charge on any atom is 0.0957 e. The van der Waals surface area contributed by atoms with Gasteiger partial charge in [0.25, 0.3) is 0 Å². The maximum atomic E-state index is 4.51. The molecule has 0 fully saturated rings. The zero-order valence-corrected chi connectivity index (χ0v) is 10.3. The molecule has 0 saturated carbocycles. The van der Waals surface area contributed by atoms with E-state index in [2.05, 4.69) is 41.1 Å². The molecule has 0 spiro atoms. The molecule has 17 heavy (non-hydrogen) atoms. The van der Waals surface area contributed by atoms with Gasteiger partial charge in [-0.25, -0.2) is 0 Å². The summed E-state index contributed by atoms with van der Waals surface area (Å²) in [6, 6.07) is 2.05. The second-order valence-corrected chi connectivity index (χ2v) is 4.81. The second kappa shape index (κ2) is 4.00. The van der Waals surface area contributed by atoms with Gasteiger partial charge in [-0.3, -0.25) is 4.98 Å². The van der Waals surface area contributed by atoms with Crippen LogP contribution in [0.15, 0.2) is 24.5 Å². The lowest BCUT2D eigenvalue weighted by atomic mass is 10.0. The fourth-order valence-electron chi connectivity index (χ4n) is 2.49. The van der Waals surface area contributed by atoms with Crippen LogP contribution in [0.2, 0.25) is 0 Å². The fraction of sp³-hybridized carbons (Fsp3) is 0.357. The highest BCUT2D eigenvalue weighted by Gasteiger charge is 2.15. The van der Waals surface area contributed by atoms with Crippen molar-refractivity contribution in [2.24, 2.45) is 0 Å². The molecule has 1 aliphatic rings. The summed E-state index contributed by atoms with van der Waals surface area (Å²) < 4.78 is 0. The summed E-state index contributed by atoms with van der Waals surface area (Å²) in [7, 11) is 2.17. The number of hydrogen-bond donors (Lipinski definition) is 1. The number of aromatic nitrogens is 2. The molecule has 3 heteroatoms. The molecule has 0 amide bonds. The van der Waals surface area contributed by atoms with Crippen LogP contribution in [-0.4, -0.2) is 35.0 Å². The average molecular weight is 227 g/mol. The topological polar surface area (TPSA) is 31.9 Å². The Bertz CT molecular complexity index is 580. The van der Waals surface area contributed by atoms with E-state index in [-0.39, 0.29) is 0 Å². The van der Waals surface area contributed by atoms with E-state index in [9.17, 15) is 0 Å². The highest BCUT2D eigenvalue weighted by Crippen LogP contribution is 2.27. The summed E-state index contributed by atoms with van der Waals surface area (Å²) in [6.45, 7) is 4.28. The van der Waals surface area contributed by atoms with Crippen LogP contribution in [0.3, 0.4) is 0 Å². The Hall–Kier alpha value is -1.61. The second-order valence-electron chi connectivity index (χ2n) is 4.81. The number of rotatable bonds is 1. The molecule has 2 aromatic heterocycles. The minimum Gasteiger partial charge on any atom is -0.359 e. The van der Waals surface area contributed by atoms with Gasteiger partial charge in [0.1, 0.15) is 0 Å². The highest BCUT2D eigenvalue weighted by atomic mass is 15.1. The molecule has 0 saturated heterocycles. The van der Waals surface area contributed by atoms with Gasteiger partial charge in [-0.2, -0.15) is 0 Å². The number of hydrogen-bond acceptors (Lipinski definition) is 2. The Labute approximate surface area is 101 Å². The predicted molar refractivity (Wildman–Crippen MR) is 70.9 cm³/mol. The van der Waals surface area contributed by atoms with E-state index < -0.39 is 0 Å². The van der Waals surface area contributed by atoms with Crippen LogP contribution in [0.25, 0.3) is 16.6 Å². The van der Waals surface area contributed by atoms with Crippen molar-refractivity contribution in [2.75, 3.05) is 20.1 Å². The third-order valence-electron chi connectivity index (χ3n) is 3.46. The van der Waals surface area contributed by atoms with E-state index in [1.165, 1.54) is 16.7 Å². The van der Waals surface area contributed by atoms with Gasteiger partial charge in [0.15, 0.2) is 0 Å². The molecule has 2 aromatic rings. The zero-order valence-electron chi connectivity index (χ0n) is 10.3. The van der Waals surface area contributed by atoms with Crippen molar-refractivity contribution < 1.29 is 0 Å². The third-order valence-corrected chi connectivity index (χ3v) is 3.46. The molecule has 0 bridgehead atoms. The highest BCUT2D eigenvalue weighted by molar-refractivity contribution is 5.91. The van der Waals surface area contributed by atoms with E-state index in [4.69, 9.17) is 0 Å². The lowest BCUT2D eigenvalue weighted by Crippen LogP contribution is -2.24. The Kier molecular flexibility index (Phi) is 2.48. The van der Waals surface area contributed by atoms with Crippen LogP contribution in [0.5, 0.6) is 0 Å². The van der Waals surface area contributed by atoms with Gasteiger partial charge in [-0.15, -0.1) is 0 Å². The monoisotopic (exact) mass is 227 g/mol. The number of aryl methyl sites for hydroxylation is 1. The van der Waals surface area contributed by atoms with Gasteiger partial charge in [-0.1, -0.05) is 6.08 Å². The first-order valence-electron chi connectivity index (χ1n) is 6.06. The van der Waals surface area contributed by atoms with Gasteiger partial charge >= 0.3 is 0 Å². The molecule has 3 nitrogen and oxygen atoms in total. The van der Waals surface area contributed by atoms with Crippen molar-refractivity contribution in [1.29, 1.82) is 0 Å². The molecule has 3 heterocycles. The van der Waals surface area contributed by atoms with Crippen molar-refractivity contribution in [3.05, 3.63) is 35.7 Å². The maximum absolute atomic E-state index is 4.51. The van der Waals surface area contributed by atoms with Gasteiger partial charge in [0.05, 0.1) is 11.0 Å². The lowest BCUT2D eigenvalue weighted by molar-refractivity contribution is 0.373. The zero-order chi connectivity index (χ0) is 11.8. The standard InChI is InChI=1S/C14H17N3/c1-10-5-6-15-14-12(8-16-13(10)14)11-4-3-7-17(2)9-11/h4-6,8,16H,3,7,9H2,1-2H3. The molecule has 3 rings (SSSR count). The minimum atomic E-state index is 1.02. The van der Waals surface area contributed by atoms with Crippen LogP contribution in [-0.2, 0) is 0 Å². The normalized spacial score (nSPS) is 17.4. The number of nitrogens with one attached hydrogen (secondary N) is 1. The quantitative estimate of drug-likeness (QED) is 0.812. The van der Waals surface area contributed by atoms with Crippen molar-refractivity contribution in [3.63, 3.8) is 0 Å². The molecule has 0 radical (unpaired) electrons. The fourth-order valence-corrected chi connectivity index (χ4v) is 2.49. The molecule has 88 valence electrons. The number of pyridine rings is 1. The van der Waals surface area contributed by atoms with Crippen molar-refractivity contribution in [3.8, 4) is 0 Å². The number of aromatic amines is 1. The number of nitrogens with zero attached hydrogens (tertiary/aromatic N) is 2. The third kappa shape index (κ3) is 1.76. The molecular weight excluding hydrogens is 210 g/mol. The van der Waals surface area contributed by atoms with Crippen molar-refractivity contribution >= 4 is 16.6 Å². The molecular formula is C14H17N3. The summed E-state index contributed by atoms with van der Waals surface area (Å²) >= 11 is 0. The molecule has 0 unspecified atom stereocenters. The van der Waals surface area contributed by atoms with Crippen LogP contribution in [0, 0.1) is 6.92 Å². The SMILES string of the molecule is Cc1ccnc2c(C3=CCCN(C)C3)c[nH]c12. The average Bonchev–Trinajstić information content (AvgIpc) is 2.74. The van der Waals surface area contributed by atoms with Gasteiger partial charge < -0.3 is 9.88 Å². The van der Waals surface area contributed by atoms with E-state index in [1.54, 1.807) is 0 Å². The van der Waals surface area contributed by atoms with E-state index >= 15 is 0 Å². The molecule has 0 atom stereocenters. The first kappa shape index (κ1) is 10.5. The Balaban J connectivity index is 2.12. The molecule has 1 aliphatic heterocycles. The first-order valence-corrected chi connectivity index (χ1v) is 6.06. The van der Waals surface area contributed by atoms with E-state index in [0.717, 1.165) is 30.5 Å². The van der Waals surface area contributed by atoms with Crippen molar-refractivity contribution in [2.45, 2.75) is 13.3 Å². The summed E-state index contributed by atoms with van der Waals surface area (Å²) in [6.07, 6.45) is 7.45. The van der Waals surface area contributed by atoms with Gasteiger partial charge in [0, 0.05) is 31.0 Å². The largest absolute Gasteiger partial charge is 0.359 e. The summed E-state index contributed by atoms with van der Waals surface area (Å²) in [5, 5.41) is 0. The number of H-pyrrole nitrogens is 1. The number of fused-ring (bicyclic) bond motifs is 1. The van der Waals surface area contributed by atoms with Gasteiger partial charge in [0.2, 0.25) is 0 Å². The summed E-state index contributed by atoms with van der Waals surface area (Å²) in [4.78, 5) is 10.2. The van der Waals surface area contributed by atoms with E-state index in [0.29, 0.717) is 0 Å². The molecule has 0 aliphatic carbocycles. The van der Waals surface area contributed by atoms with Gasteiger partial charge in [-0.05, 0) is 37.6 Å².